The predicted molar refractivity (Wildman–Crippen MR) is 130 cm³/mol. The Morgan fingerprint density at radius 3 is 2.48 bits per heavy atom. The van der Waals surface area contributed by atoms with Gasteiger partial charge >= 0.3 is 0 Å². The number of ether oxygens (including phenoxy) is 2. The lowest BCUT2D eigenvalue weighted by Gasteiger charge is -2.35. The van der Waals surface area contributed by atoms with Crippen LogP contribution in [0.1, 0.15) is 58.3 Å². The Hall–Kier alpha value is -0.120. The fourth-order valence-corrected chi connectivity index (χ4v) is 4.54. The summed E-state index contributed by atoms with van der Waals surface area (Å²) >= 11 is 0. The summed E-state index contributed by atoms with van der Waals surface area (Å²) in [6.45, 7) is 10.9. The van der Waals surface area contributed by atoms with Crippen LogP contribution in [0.2, 0.25) is 0 Å². The summed E-state index contributed by atoms with van der Waals surface area (Å²) in [5.74, 6) is 1.97. The number of guanidine groups is 1. The van der Waals surface area contributed by atoms with Gasteiger partial charge in [0.25, 0.3) is 0 Å². The minimum atomic E-state index is 0. The molecule has 3 aliphatic rings. The first-order valence-corrected chi connectivity index (χ1v) is 11.7. The zero-order valence-corrected chi connectivity index (χ0v) is 20.9. The molecule has 0 aromatic rings. The van der Waals surface area contributed by atoms with Gasteiger partial charge in [-0.3, -0.25) is 4.99 Å². The lowest BCUT2D eigenvalue weighted by molar-refractivity contribution is -0.0721. The normalized spacial score (nSPS) is 25.7. The molecule has 1 unspecified atom stereocenters. The standard InChI is InChI=1S/C22H42N4O2.HI/c1-19-7-13-25(14-8-19)12-5-11-24-22(23-2)26-15-9-20(10-16-26)28-18-21-6-3-4-17-27-21;/h19-21H,3-18H2,1-2H3,(H,23,24);1H. The van der Waals surface area contributed by atoms with Crippen LogP contribution in [0.5, 0.6) is 0 Å². The van der Waals surface area contributed by atoms with Crippen LogP contribution < -0.4 is 5.32 Å². The van der Waals surface area contributed by atoms with Crippen molar-refractivity contribution in [1.29, 1.82) is 0 Å². The van der Waals surface area contributed by atoms with E-state index >= 15 is 0 Å². The highest BCUT2D eigenvalue weighted by molar-refractivity contribution is 14.0. The molecule has 3 rings (SSSR count). The van der Waals surface area contributed by atoms with E-state index in [1.165, 1.54) is 51.7 Å². The summed E-state index contributed by atoms with van der Waals surface area (Å²) in [7, 11) is 1.90. The maximum atomic E-state index is 6.14. The first-order chi connectivity index (χ1) is 13.7. The van der Waals surface area contributed by atoms with E-state index < -0.39 is 0 Å². The monoisotopic (exact) mass is 522 g/mol. The molecule has 29 heavy (non-hydrogen) atoms. The van der Waals surface area contributed by atoms with E-state index in [0.717, 1.165) is 64.0 Å². The van der Waals surface area contributed by atoms with Gasteiger partial charge < -0.3 is 24.6 Å². The number of halogens is 1. The molecule has 0 amide bonds. The van der Waals surface area contributed by atoms with Gasteiger partial charge in [-0.25, -0.2) is 0 Å². The van der Waals surface area contributed by atoms with E-state index in [9.17, 15) is 0 Å². The molecular weight excluding hydrogens is 479 g/mol. The number of piperidine rings is 2. The predicted octanol–water partition coefficient (Wildman–Crippen LogP) is 3.35. The van der Waals surface area contributed by atoms with Gasteiger partial charge in [0, 0.05) is 33.3 Å². The molecule has 1 N–H and O–H groups in total. The summed E-state index contributed by atoms with van der Waals surface area (Å²) in [6.07, 6.45) is 10.4. The second kappa shape index (κ2) is 14.0. The van der Waals surface area contributed by atoms with Crippen molar-refractivity contribution in [3.05, 3.63) is 0 Å². The Labute approximate surface area is 195 Å². The summed E-state index contributed by atoms with van der Waals surface area (Å²) < 4.78 is 11.9. The first-order valence-electron chi connectivity index (χ1n) is 11.7. The van der Waals surface area contributed by atoms with E-state index in [4.69, 9.17) is 9.47 Å². The van der Waals surface area contributed by atoms with Crippen LogP contribution in [0.15, 0.2) is 4.99 Å². The molecule has 0 radical (unpaired) electrons. The molecule has 3 fully saturated rings. The van der Waals surface area contributed by atoms with Crippen molar-refractivity contribution in [2.75, 3.05) is 59.5 Å². The summed E-state index contributed by atoms with van der Waals surface area (Å²) in [5.41, 5.74) is 0. The number of likely N-dealkylation sites (tertiary alicyclic amines) is 2. The zero-order chi connectivity index (χ0) is 19.6. The second-order valence-electron chi connectivity index (χ2n) is 8.86. The van der Waals surface area contributed by atoms with Crippen molar-refractivity contribution in [3.8, 4) is 0 Å². The maximum absolute atomic E-state index is 6.14. The number of nitrogens with zero attached hydrogens (tertiary/aromatic N) is 3. The molecule has 1 atom stereocenters. The molecule has 6 nitrogen and oxygen atoms in total. The van der Waals surface area contributed by atoms with Crippen LogP contribution in [0.25, 0.3) is 0 Å². The average molecular weight is 523 g/mol. The highest BCUT2D eigenvalue weighted by Gasteiger charge is 2.23. The molecule has 3 heterocycles. The van der Waals surface area contributed by atoms with Crippen molar-refractivity contribution in [2.45, 2.75) is 70.5 Å². The fraction of sp³-hybridized carbons (Fsp3) is 0.955. The van der Waals surface area contributed by atoms with Gasteiger partial charge in [0.1, 0.15) is 0 Å². The number of hydrogen-bond acceptors (Lipinski definition) is 4. The van der Waals surface area contributed by atoms with Crippen LogP contribution in [-0.2, 0) is 9.47 Å². The largest absolute Gasteiger partial charge is 0.376 e. The molecule has 3 saturated heterocycles. The number of rotatable bonds is 7. The number of aliphatic imine (C=N–C) groups is 1. The van der Waals surface area contributed by atoms with Gasteiger partial charge in [0.2, 0.25) is 0 Å². The Balaban J connectivity index is 0.00000300. The SMILES string of the molecule is CN=C(NCCCN1CCC(C)CC1)N1CCC(OCC2CCCCO2)CC1.I. The molecule has 0 bridgehead atoms. The molecule has 0 spiro atoms. The Morgan fingerprint density at radius 1 is 1.07 bits per heavy atom. The molecule has 0 aromatic carbocycles. The Bertz CT molecular complexity index is 458. The molecule has 0 aromatic heterocycles. The summed E-state index contributed by atoms with van der Waals surface area (Å²) in [4.78, 5) is 9.51. The lowest BCUT2D eigenvalue weighted by atomic mass is 9.99. The molecule has 170 valence electrons. The number of hydrogen-bond donors (Lipinski definition) is 1. The van der Waals surface area contributed by atoms with Gasteiger partial charge in [-0.1, -0.05) is 6.92 Å². The third-order valence-corrected chi connectivity index (χ3v) is 6.56. The quantitative estimate of drug-likeness (QED) is 0.241. The maximum Gasteiger partial charge on any atom is 0.193 e. The van der Waals surface area contributed by atoms with Crippen LogP contribution >= 0.6 is 24.0 Å². The van der Waals surface area contributed by atoms with Gasteiger partial charge in [0.05, 0.1) is 18.8 Å². The smallest absolute Gasteiger partial charge is 0.193 e. The topological polar surface area (TPSA) is 49.3 Å². The lowest BCUT2D eigenvalue weighted by Crippen LogP contribution is -2.47. The molecule has 0 aliphatic carbocycles. The average Bonchev–Trinajstić information content (AvgIpc) is 2.75. The number of nitrogens with one attached hydrogen (secondary N) is 1. The van der Waals surface area contributed by atoms with Crippen LogP contribution in [0.3, 0.4) is 0 Å². The van der Waals surface area contributed by atoms with Crippen molar-refractivity contribution >= 4 is 29.9 Å². The van der Waals surface area contributed by atoms with Gasteiger partial charge in [-0.2, -0.15) is 0 Å². The third-order valence-electron chi connectivity index (χ3n) is 6.56. The van der Waals surface area contributed by atoms with E-state index in [2.05, 4.69) is 27.0 Å². The van der Waals surface area contributed by atoms with Crippen molar-refractivity contribution in [2.24, 2.45) is 10.9 Å². The molecule has 3 aliphatic heterocycles. The van der Waals surface area contributed by atoms with Gasteiger partial charge in [0.15, 0.2) is 5.96 Å². The first kappa shape index (κ1) is 25.1. The third kappa shape index (κ3) is 8.87. The zero-order valence-electron chi connectivity index (χ0n) is 18.6. The Morgan fingerprint density at radius 2 is 1.83 bits per heavy atom. The molecule has 7 heteroatoms. The highest BCUT2D eigenvalue weighted by Crippen LogP contribution is 2.18. The fourth-order valence-electron chi connectivity index (χ4n) is 4.54. The minimum Gasteiger partial charge on any atom is -0.376 e. The summed E-state index contributed by atoms with van der Waals surface area (Å²) in [5, 5.41) is 3.57. The molecular formula is C22H43IN4O2. The van der Waals surface area contributed by atoms with Crippen molar-refractivity contribution < 1.29 is 9.47 Å². The minimum absolute atomic E-state index is 0. The van der Waals surface area contributed by atoms with Crippen molar-refractivity contribution in [1.82, 2.24) is 15.1 Å². The second-order valence-corrected chi connectivity index (χ2v) is 8.86. The van der Waals surface area contributed by atoms with Crippen LogP contribution in [-0.4, -0.2) is 87.5 Å². The summed E-state index contributed by atoms with van der Waals surface area (Å²) in [6, 6.07) is 0. The Kier molecular flexibility index (Phi) is 12.2. The van der Waals surface area contributed by atoms with Crippen LogP contribution in [0, 0.1) is 5.92 Å². The van der Waals surface area contributed by atoms with Gasteiger partial charge in [-0.15, -0.1) is 24.0 Å². The van der Waals surface area contributed by atoms with Crippen LogP contribution in [0.4, 0.5) is 0 Å². The van der Waals surface area contributed by atoms with E-state index in [1.54, 1.807) is 0 Å². The highest BCUT2D eigenvalue weighted by atomic mass is 127. The van der Waals surface area contributed by atoms with E-state index in [-0.39, 0.29) is 24.0 Å². The van der Waals surface area contributed by atoms with E-state index in [0.29, 0.717) is 12.2 Å². The van der Waals surface area contributed by atoms with Gasteiger partial charge in [-0.05, 0) is 76.9 Å². The van der Waals surface area contributed by atoms with E-state index in [1.807, 2.05) is 7.05 Å². The van der Waals surface area contributed by atoms with Crippen molar-refractivity contribution in [3.63, 3.8) is 0 Å². The molecule has 0 saturated carbocycles.